The summed E-state index contributed by atoms with van der Waals surface area (Å²) >= 11 is 0.859. The van der Waals surface area contributed by atoms with E-state index >= 15 is 0 Å². The van der Waals surface area contributed by atoms with Gasteiger partial charge in [0.15, 0.2) is 0 Å². The van der Waals surface area contributed by atoms with Crippen molar-refractivity contribution in [2.45, 2.75) is 19.9 Å². The molecule has 0 radical (unpaired) electrons. The molecule has 1 atom stereocenters. The maximum absolute atomic E-state index is 12.4. The zero-order chi connectivity index (χ0) is 19.7. The van der Waals surface area contributed by atoms with Crippen LogP contribution < -0.4 is 0 Å². The normalized spacial score (nSPS) is 16.8. The van der Waals surface area contributed by atoms with E-state index in [1.165, 1.54) is 18.2 Å². The lowest BCUT2D eigenvalue weighted by molar-refractivity contribution is -0.123. The minimum absolute atomic E-state index is 0.202. The lowest BCUT2D eigenvalue weighted by Crippen LogP contribution is -2.35. The number of thioether (sulfide) groups is 1. The summed E-state index contributed by atoms with van der Waals surface area (Å²) in [6.45, 7) is 7.14. The first-order valence-corrected chi connectivity index (χ1v) is 8.97. The summed E-state index contributed by atoms with van der Waals surface area (Å²) in [5.74, 6) is -0.385. The lowest BCUT2D eigenvalue weighted by atomic mass is 10.0. The third-order valence-electron chi connectivity index (χ3n) is 4.21. The van der Waals surface area contributed by atoms with E-state index in [-0.39, 0.29) is 27.7 Å². The Morgan fingerprint density at radius 3 is 2.67 bits per heavy atom. The fraction of sp³-hybridized carbons (Fsp3) is 0.150. The van der Waals surface area contributed by atoms with Crippen LogP contribution in [0.3, 0.4) is 0 Å². The number of carbonyl (C=O) groups excluding carboxylic acids is 2. The molecule has 0 unspecified atom stereocenters. The Morgan fingerprint density at radius 2 is 2.04 bits per heavy atom. The third-order valence-corrected chi connectivity index (χ3v) is 5.09. The van der Waals surface area contributed by atoms with Crippen LogP contribution in [0, 0.1) is 6.92 Å². The van der Waals surface area contributed by atoms with Crippen molar-refractivity contribution >= 4 is 35.0 Å². The summed E-state index contributed by atoms with van der Waals surface area (Å²) in [6, 6.07) is 7.82. The van der Waals surface area contributed by atoms with Gasteiger partial charge in [-0.15, -0.1) is 6.58 Å². The van der Waals surface area contributed by atoms with E-state index in [0.29, 0.717) is 11.5 Å². The number of carbonyl (C=O) groups is 3. The number of rotatable bonds is 5. The van der Waals surface area contributed by atoms with Crippen LogP contribution in [0.2, 0.25) is 0 Å². The summed E-state index contributed by atoms with van der Waals surface area (Å²) in [5, 5.41) is 8.71. The number of amides is 2. The van der Waals surface area contributed by atoms with Gasteiger partial charge >= 0.3 is 5.97 Å². The molecule has 1 aromatic carbocycles. The van der Waals surface area contributed by atoms with Gasteiger partial charge in [-0.3, -0.25) is 14.5 Å². The Balaban J connectivity index is 1.88. The monoisotopic (exact) mass is 383 g/mol. The predicted molar refractivity (Wildman–Crippen MR) is 103 cm³/mol. The van der Waals surface area contributed by atoms with Crippen molar-refractivity contribution in [2.75, 3.05) is 0 Å². The second kappa shape index (κ2) is 7.28. The van der Waals surface area contributed by atoms with E-state index in [1.807, 2.05) is 0 Å². The fourth-order valence-electron chi connectivity index (χ4n) is 2.71. The summed E-state index contributed by atoms with van der Waals surface area (Å²) in [4.78, 5) is 37.0. The molecular weight excluding hydrogens is 366 g/mol. The predicted octanol–water partition coefficient (Wildman–Crippen LogP) is 4.56. The number of hydrogen-bond donors (Lipinski definition) is 1. The highest BCUT2D eigenvalue weighted by Crippen LogP contribution is 2.35. The molecule has 0 bridgehead atoms. The van der Waals surface area contributed by atoms with Gasteiger partial charge in [0.1, 0.15) is 11.5 Å². The summed E-state index contributed by atoms with van der Waals surface area (Å²) in [6.07, 6.45) is 3.07. The van der Waals surface area contributed by atoms with Crippen LogP contribution in [0.1, 0.15) is 28.6 Å². The number of aromatic carboxylic acids is 1. The van der Waals surface area contributed by atoms with Gasteiger partial charge in [-0.2, -0.15) is 0 Å². The van der Waals surface area contributed by atoms with Crippen LogP contribution in [0.15, 0.2) is 52.3 Å². The molecule has 1 aliphatic rings. The Morgan fingerprint density at radius 1 is 1.30 bits per heavy atom. The quantitative estimate of drug-likeness (QED) is 0.601. The Labute approximate surface area is 160 Å². The maximum atomic E-state index is 12.4. The topological polar surface area (TPSA) is 87.8 Å². The van der Waals surface area contributed by atoms with Crippen molar-refractivity contribution in [2.24, 2.45) is 0 Å². The molecule has 1 N–H and O–H groups in total. The van der Waals surface area contributed by atoms with E-state index in [9.17, 15) is 14.4 Å². The number of hydrogen-bond acceptors (Lipinski definition) is 5. The highest BCUT2D eigenvalue weighted by atomic mass is 32.2. The Bertz CT molecular complexity index is 988. The lowest BCUT2D eigenvalue weighted by Gasteiger charge is -2.17. The van der Waals surface area contributed by atoms with Crippen LogP contribution in [0.25, 0.3) is 17.4 Å². The minimum Gasteiger partial charge on any atom is -0.478 e. The number of nitrogens with zero attached hydrogens (tertiary/aromatic N) is 1. The minimum atomic E-state index is -0.991. The summed E-state index contributed by atoms with van der Waals surface area (Å²) in [7, 11) is 0. The molecule has 0 aliphatic carbocycles. The van der Waals surface area contributed by atoms with Gasteiger partial charge in [-0.05, 0) is 55.4 Å². The van der Waals surface area contributed by atoms with Crippen LogP contribution >= 0.6 is 11.8 Å². The first-order chi connectivity index (χ1) is 12.8. The molecule has 7 heteroatoms. The molecule has 27 heavy (non-hydrogen) atoms. The SMILES string of the molecule is C=C[C@H](C)N1C(=O)S/C(=C\c2ccc(-c3ccc(C(=O)O)cc3C)o2)C1=O. The van der Waals surface area contributed by atoms with Gasteiger partial charge in [-0.25, -0.2) is 4.79 Å². The van der Waals surface area contributed by atoms with Crippen molar-refractivity contribution < 1.29 is 23.9 Å². The van der Waals surface area contributed by atoms with Crippen molar-refractivity contribution in [3.8, 4) is 11.3 Å². The van der Waals surface area contributed by atoms with Gasteiger partial charge in [0.2, 0.25) is 0 Å². The van der Waals surface area contributed by atoms with Crippen molar-refractivity contribution in [1.29, 1.82) is 0 Å². The van der Waals surface area contributed by atoms with Gasteiger partial charge in [-0.1, -0.05) is 12.1 Å². The van der Waals surface area contributed by atoms with E-state index in [0.717, 1.165) is 27.8 Å². The second-order valence-electron chi connectivity index (χ2n) is 6.06. The highest BCUT2D eigenvalue weighted by Gasteiger charge is 2.37. The average molecular weight is 383 g/mol. The van der Waals surface area contributed by atoms with E-state index in [4.69, 9.17) is 9.52 Å². The van der Waals surface area contributed by atoms with E-state index in [2.05, 4.69) is 6.58 Å². The molecule has 0 saturated carbocycles. The zero-order valence-electron chi connectivity index (χ0n) is 14.8. The molecule has 2 amide bonds. The molecule has 138 valence electrons. The van der Waals surface area contributed by atoms with Crippen LogP contribution in [0.4, 0.5) is 4.79 Å². The largest absolute Gasteiger partial charge is 0.478 e. The van der Waals surface area contributed by atoms with Crippen molar-refractivity contribution in [1.82, 2.24) is 4.90 Å². The fourth-order valence-corrected chi connectivity index (χ4v) is 3.61. The Hall–Kier alpha value is -3.06. The van der Waals surface area contributed by atoms with Crippen LogP contribution in [-0.2, 0) is 4.79 Å². The highest BCUT2D eigenvalue weighted by molar-refractivity contribution is 8.18. The molecule has 0 spiro atoms. The zero-order valence-corrected chi connectivity index (χ0v) is 15.6. The number of aryl methyl sites for hydroxylation is 1. The van der Waals surface area contributed by atoms with Gasteiger partial charge < -0.3 is 9.52 Å². The number of furan rings is 1. The molecular formula is C20H17NO5S. The summed E-state index contributed by atoms with van der Waals surface area (Å²) < 4.78 is 5.78. The van der Waals surface area contributed by atoms with Gasteiger partial charge in [0.05, 0.1) is 16.5 Å². The smallest absolute Gasteiger partial charge is 0.335 e. The number of carboxylic acid groups (broad SMARTS) is 1. The maximum Gasteiger partial charge on any atom is 0.335 e. The van der Waals surface area contributed by atoms with Gasteiger partial charge in [0.25, 0.3) is 11.1 Å². The molecule has 1 aromatic heterocycles. The number of imide groups is 1. The van der Waals surface area contributed by atoms with Crippen LogP contribution in [0.5, 0.6) is 0 Å². The second-order valence-corrected chi connectivity index (χ2v) is 7.06. The number of carboxylic acids is 1. The molecule has 1 saturated heterocycles. The molecule has 2 heterocycles. The standard InChI is InChI=1S/C20H17NO5S/c1-4-12(3)21-18(22)17(27-20(21)25)10-14-6-8-16(26-14)15-7-5-13(19(23)24)9-11(15)2/h4-10,12H,1H2,2-3H3,(H,23,24)/b17-10-/t12-/m0/s1. The number of benzene rings is 1. The van der Waals surface area contributed by atoms with Gasteiger partial charge in [0, 0.05) is 11.6 Å². The molecule has 1 fully saturated rings. The average Bonchev–Trinajstić information content (AvgIpc) is 3.19. The molecule has 2 aromatic rings. The first kappa shape index (κ1) is 18.7. The van der Waals surface area contributed by atoms with E-state index in [1.54, 1.807) is 38.1 Å². The Kier molecular flexibility index (Phi) is 5.05. The van der Waals surface area contributed by atoms with Crippen LogP contribution in [-0.4, -0.2) is 33.2 Å². The molecule has 3 rings (SSSR count). The third kappa shape index (κ3) is 3.59. The summed E-state index contributed by atoms with van der Waals surface area (Å²) in [5.41, 5.74) is 1.72. The van der Waals surface area contributed by atoms with Crippen molar-refractivity contribution in [3.63, 3.8) is 0 Å². The van der Waals surface area contributed by atoms with Crippen molar-refractivity contribution in [3.05, 3.63) is 64.8 Å². The van der Waals surface area contributed by atoms with E-state index < -0.39 is 5.97 Å². The first-order valence-electron chi connectivity index (χ1n) is 8.15. The molecule has 6 nitrogen and oxygen atoms in total. The molecule has 1 aliphatic heterocycles.